The number of carbonyl (C=O) groups excluding carboxylic acids is 1. The number of hydrogen-bond donors (Lipinski definition) is 1. The average Bonchev–Trinajstić information content (AvgIpc) is 3.46. The number of nitrogens with zero attached hydrogens (tertiary/aromatic N) is 4. The topological polar surface area (TPSA) is 83.0 Å². The normalized spacial score (nSPS) is 16.7. The lowest BCUT2D eigenvalue weighted by Gasteiger charge is -2.20. The molecule has 3 heterocycles. The summed E-state index contributed by atoms with van der Waals surface area (Å²) in [6.45, 7) is 7.45. The maximum atomic E-state index is 13.0. The molecule has 0 unspecified atom stereocenters. The van der Waals surface area contributed by atoms with Crippen LogP contribution in [0.25, 0.3) is 17.0 Å². The zero-order valence-electron chi connectivity index (χ0n) is 20.7. The molecule has 1 aromatic heterocycles. The van der Waals surface area contributed by atoms with Crippen LogP contribution in [0.4, 0.5) is 0 Å². The summed E-state index contributed by atoms with van der Waals surface area (Å²) in [6.07, 6.45) is 5.69. The summed E-state index contributed by atoms with van der Waals surface area (Å²) in [4.78, 5) is 17.2. The number of aromatic nitrogens is 1. The van der Waals surface area contributed by atoms with E-state index in [0.29, 0.717) is 24.2 Å². The Morgan fingerprint density at radius 1 is 1.11 bits per heavy atom. The number of hydrogen-bond acceptors (Lipinski definition) is 5. The molecule has 2 aromatic carbocycles. The predicted octanol–water partition coefficient (Wildman–Crippen LogP) is 6.08. The molecule has 184 valence electrons. The van der Waals surface area contributed by atoms with Crippen LogP contribution in [-0.2, 0) is 11.3 Å². The first-order valence-corrected chi connectivity index (χ1v) is 13.1. The van der Waals surface area contributed by atoms with Crippen LogP contribution in [0.1, 0.15) is 37.8 Å². The molecular weight excluding hydrogens is 470 g/mol. The highest BCUT2D eigenvalue weighted by Gasteiger charge is 2.37. The molecule has 0 atom stereocenters. The van der Waals surface area contributed by atoms with Gasteiger partial charge in [-0.25, -0.2) is 0 Å². The summed E-state index contributed by atoms with van der Waals surface area (Å²) >= 11 is 1.40. The summed E-state index contributed by atoms with van der Waals surface area (Å²) in [5.74, 6) is 0.846. The van der Waals surface area contributed by atoms with Crippen LogP contribution in [0, 0.1) is 18.3 Å². The number of thioether (sulfide) groups is 1. The van der Waals surface area contributed by atoms with Crippen molar-refractivity contribution in [2.75, 3.05) is 6.61 Å². The fraction of sp³-hybridized carbons (Fsp3) is 0.286. The van der Waals surface area contributed by atoms with Gasteiger partial charge in [-0.2, -0.15) is 15.1 Å². The first-order chi connectivity index (χ1) is 17.5. The molecule has 0 radical (unpaired) electrons. The maximum absolute atomic E-state index is 13.0. The largest absolute Gasteiger partial charge is 0.491 e. The molecule has 1 amide bonds. The second-order valence-electron chi connectivity index (χ2n) is 8.88. The van der Waals surface area contributed by atoms with Gasteiger partial charge in [0, 0.05) is 28.6 Å². The van der Waals surface area contributed by atoms with Crippen molar-refractivity contribution in [3.63, 3.8) is 0 Å². The van der Waals surface area contributed by atoms with Crippen molar-refractivity contribution < 1.29 is 9.53 Å². The van der Waals surface area contributed by atoms with Crippen LogP contribution in [0.3, 0.4) is 0 Å². The van der Waals surface area contributed by atoms with E-state index < -0.39 is 5.91 Å². The molecule has 0 bridgehead atoms. The van der Waals surface area contributed by atoms with Crippen molar-refractivity contribution in [3.8, 4) is 5.75 Å². The average molecular weight is 500 g/mol. The molecule has 0 aliphatic carbocycles. The lowest BCUT2D eigenvalue weighted by Crippen LogP contribution is -2.35. The van der Waals surface area contributed by atoms with Gasteiger partial charge in [0.1, 0.15) is 17.4 Å². The third kappa shape index (κ3) is 4.48. The number of carbonyl (C=O) groups is 1. The Labute approximate surface area is 215 Å². The molecule has 0 fully saturated rings. The van der Waals surface area contributed by atoms with Gasteiger partial charge < -0.3 is 9.30 Å². The minimum atomic E-state index is -0.403. The summed E-state index contributed by atoms with van der Waals surface area (Å²) in [6, 6.07) is 16.0. The third-order valence-corrected chi connectivity index (χ3v) is 7.68. The van der Waals surface area contributed by atoms with Crippen LogP contribution < -0.4 is 4.74 Å². The smallest absolute Gasteiger partial charge is 0.283 e. The highest BCUT2D eigenvalue weighted by Crippen LogP contribution is 2.33. The van der Waals surface area contributed by atoms with Crippen molar-refractivity contribution in [1.29, 1.82) is 5.41 Å². The lowest BCUT2D eigenvalue weighted by atomic mass is 10.1. The Bertz CT molecular complexity index is 1430. The quantitative estimate of drug-likeness (QED) is 0.381. The number of amides is 1. The van der Waals surface area contributed by atoms with Crippen LogP contribution in [-0.4, -0.2) is 38.1 Å². The van der Waals surface area contributed by atoms with E-state index in [1.165, 1.54) is 16.8 Å². The molecule has 5 rings (SSSR count). The number of aryl methyl sites for hydroxylation is 1. The minimum Gasteiger partial charge on any atom is -0.491 e. The summed E-state index contributed by atoms with van der Waals surface area (Å²) in [5.41, 5.74) is 3.25. The Hall–Kier alpha value is -3.65. The van der Waals surface area contributed by atoms with Crippen LogP contribution in [0.15, 0.2) is 70.4 Å². The molecule has 0 saturated carbocycles. The standard InChI is InChI=1S/C28H29N5O2S/c1-4-19(5-2)27-31-33-25(29)22(26(34)30-28(33)36-27)16-20-17-32(23-12-8-7-11-21(20)23)14-15-35-24-13-9-6-10-18(24)3/h6-13,16-17,19,29H,4-5,14-15H2,1-3H3. The number of aliphatic imine (C=N–C) groups is 1. The Morgan fingerprint density at radius 3 is 2.64 bits per heavy atom. The Morgan fingerprint density at radius 2 is 1.86 bits per heavy atom. The van der Waals surface area contributed by atoms with Gasteiger partial charge in [0.25, 0.3) is 5.91 Å². The first-order valence-electron chi connectivity index (χ1n) is 12.3. The van der Waals surface area contributed by atoms with E-state index in [-0.39, 0.29) is 11.4 Å². The summed E-state index contributed by atoms with van der Waals surface area (Å²) in [7, 11) is 0. The number of nitrogens with one attached hydrogen (secondary N) is 1. The van der Waals surface area contributed by atoms with Crippen molar-refractivity contribution in [3.05, 3.63) is 71.4 Å². The molecule has 8 heteroatoms. The van der Waals surface area contributed by atoms with Gasteiger partial charge in [0.2, 0.25) is 5.17 Å². The van der Waals surface area contributed by atoms with Crippen LogP contribution in [0.2, 0.25) is 0 Å². The van der Waals surface area contributed by atoms with Crippen molar-refractivity contribution >= 4 is 50.7 Å². The van der Waals surface area contributed by atoms with Crippen molar-refractivity contribution in [2.24, 2.45) is 16.0 Å². The number of para-hydroxylation sites is 2. The van der Waals surface area contributed by atoms with Gasteiger partial charge >= 0.3 is 0 Å². The minimum absolute atomic E-state index is 0.0678. The lowest BCUT2D eigenvalue weighted by molar-refractivity contribution is -0.114. The second kappa shape index (κ2) is 10.1. The molecule has 3 aromatic rings. The van der Waals surface area contributed by atoms with E-state index in [1.54, 1.807) is 6.08 Å². The van der Waals surface area contributed by atoms with Crippen molar-refractivity contribution in [2.45, 2.75) is 40.2 Å². The molecular formula is C28H29N5O2S. The van der Waals surface area contributed by atoms with Crippen LogP contribution >= 0.6 is 11.8 Å². The van der Waals surface area contributed by atoms with E-state index in [2.05, 4.69) is 34.6 Å². The van der Waals surface area contributed by atoms with Gasteiger partial charge in [0.15, 0.2) is 5.84 Å². The SMILES string of the molecule is CCC(CC)C1=NN2C(=N)C(=Cc3cn(CCOc4ccccc4C)c4ccccc34)C(=O)N=C2S1. The highest BCUT2D eigenvalue weighted by molar-refractivity contribution is 8.27. The van der Waals surface area contributed by atoms with Gasteiger partial charge in [-0.05, 0) is 55.3 Å². The Balaban J connectivity index is 1.42. The number of benzene rings is 2. The summed E-state index contributed by atoms with van der Waals surface area (Å²) in [5, 5.41) is 17.3. The summed E-state index contributed by atoms with van der Waals surface area (Å²) < 4.78 is 8.14. The van der Waals surface area contributed by atoms with Gasteiger partial charge in [0.05, 0.1) is 12.1 Å². The van der Waals surface area contributed by atoms with Crippen LogP contribution in [0.5, 0.6) is 5.75 Å². The molecule has 7 nitrogen and oxygen atoms in total. The zero-order valence-corrected chi connectivity index (χ0v) is 21.5. The number of amidine groups is 2. The van der Waals surface area contributed by atoms with Gasteiger partial charge in [-0.3, -0.25) is 10.2 Å². The van der Waals surface area contributed by atoms with E-state index in [1.807, 2.05) is 55.6 Å². The van der Waals surface area contributed by atoms with Gasteiger partial charge in [-0.1, -0.05) is 50.2 Å². The van der Waals surface area contributed by atoms with Crippen molar-refractivity contribution in [1.82, 2.24) is 9.58 Å². The van der Waals surface area contributed by atoms with Gasteiger partial charge in [-0.15, -0.1) is 0 Å². The van der Waals surface area contributed by atoms with E-state index in [9.17, 15) is 4.79 Å². The van der Waals surface area contributed by atoms with E-state index in [4.69, 9.17) is 10.1 Å². The van der Waals surface area contributed by atoms with E-state index >= 15 is 0 Å². The molecule has 2 aliphatic heterocycles. The number of rotatable bonds is 8. The molecule has 0 saturated heterocycles. The molecule has 2 aliphatic rings. The Kier molecular flexibility index (Phi) is 6.78. The first kappa shape index (κ1) is 24.1. The second-order valence-corrected chi connectivity index (χ2v) is 9.87. The molecule has 36 heavy (non-hydrogen) atoms. The monoisotopic (exact) mass is 499 g/mol. The number of hydrazone groups is 1. The third-order valence-electron chi connectivity index (χ3n) is 6.61. The molecule has 1 N–H and O–H groups in total. The molecule has 0 spiro atoms. The number of fused-ring (bicyclic) bond motifs is 2. The van der Waals surface area contributed by atoms with E-state index in [0.717, 1.165) is 45.7 Å². The fourth-order valence-electron chi connectivity index (χ4n) is 4.51. The highest BCUT2D eigenvalue weighted by atomic mass is 32.2. The zero-order chi connectivity index (χ0) is 25.2. The predicted molar refractivity (Wildman–Crippen MR) is 148 cm³/mol. The maximum Gasteiger partial charge on any atom is 0.283 e. The number of ether oxygens (including phenoxy) is 1. The fourth-order valence-corrected chi connectivity index (χ4v) is 5.67.